The number of hydrogen-bond donors (Lipinski definition) is 0. The fraction of sp³-hybridized carbons (Fsp3) is 0.316. The van der Waals surface area contributed by atoms with Gasteiger partial charge in [-0.3, -0.25) is 0 Å². The minimum atomic E-state index is -1.23. The summed E-state index contributed by atoms with van der Waals surface area (Å²) in [4.78, 5) is 12.2. The lowest BCUT2D eigenvalue weighted by atomic mass is 9.97. The molecule has 0 spiro atoms. The third kappa shape index (κ3) is 3.91. The van der Waals surface area contributed by atoms with Crippen molar-refractivity contribution in [3.63, 3.8) is 0 Å². The van der Waals surface area contributed by atoms with Gasteiger partial charge < -0.3 is 9.47 Å². The molecule has 0 unspecified atom stereocenters. The molecule has 0 amide bonds. The molecule has 0 N–H and O–H groups in total. The maximum Gasteiger partial charge on any atom is 0.510 e. The van der Waals surface area contributed by atoms with Gasteiger partial charge in [-0.15, -0.1) is 0 Å². The molecule has 0 saturated heterocycles. The molecule has 2 aromatic carbocycles. The fourth-order valence-corrected chi connectivity index (χ4v) is 2.45. The molecular formula is C19H20F2O3. The molecule has 5 heteroatoms. The van der Waals surface area contributed by atoms with E-state index in [0.29, 0.717) is 0 Å². The Kier molecular flexibility index (Phi) is 4.92. The Labute approximate surface area is 140 Å². The molecule has 0 atom stereocenters. The third-order valence-electron chi connectivity index (χ3n) is 3.72. The largest absolute Gasteiger partial charge is 0.510 e. The zero-order valence-electron chi connectivity index (χ0n) is 14.1. The summed E-state index contributed by atoms with van der Waals surface area (Å²) in [6.45, 7) is 6.23. The molecule has 2 aromatic rings. The smallest absolute Gasteiger partial charge is 0.423 e. The number of hydrogen-bond acceptors (Lipinski definition) is 3. The monoisotopic (exact) mass is 334 g/mol. The Balaban J connectivity index is 2.15. The predicted octanol–water partition coefficient (Wildman–Crippen LogP) is 5.29. The van der Waals surface area contributed by atoms with E-state index in [1.807, 2.05) is 0 Å². The molecule has 0 bridgehead atoms. The number of ether oxygens (including phenoxy) is 2. The Morgan fingerprint density at radius 2 is 1.08 bits per heavy atom. The van der Waals surface area contributed by atoms with Crippen molar-refractivity contribution in [2.45, 2.75) is 38.9 Å². The molecular weight excluding hydrogens is 314 g/mol. The molecule has 128 valence electrons. The van der Waals surface area contributed by atoms with Crippen LogP contribution in [0.4, 0.5) is 13.6 Å². The van der Waals surface area contributed by atoms with Gasteiger partial charge in [0.2, 0.25) is 0 Å². The van der Waals surface area contributed by atoms with Crippen molar-refractivity contribution < 1.29 is 23.0 Å². The van der Waals surface area contributed by atoms with Crippen LogP contribution in [0.15, 0.2) is 48.5 Å². The molecule has 0 aliphatic heterocycles. The van der Waals surface area contributed by atoms with E-state index in [9.17, 15) is 13.6 Å². The van der Waals surface area contributed by atoms with E-state index < -0.39 is 29.0 Å². The first kappa shape index (κ1) is 17.9. The van der Waals surface area contributed by atoms with Crippen molar-refractivity contribution >= 4 is 6.16 Å². The van der Waals surface area contributed by atoms with Gasteiger partial charge in [0, 0.05) is 11.1 Å². The highest BCUT2D eigenvalue weighted by Gasteiger charge is 2.34. The van der Waals surface area contributed by atoms with Gasteiger partial charge >= 0.3 is 6.16 Å². The van der Waals surface area contributed by atoms with Gasteiger partial charge in [0.05, 0.1) is 0 Å². The first-order valence-corrected chi connectivity index (χ1v) is 7.55. The van der Waals surface area contributed by atoms with Crippen LogP contribution in [0, 0.1) is 11.6 Å². The standard InChI is InChI=1S/C19H20F2O3/c1-18(2,13-9-5-7-11-15(13)20)23-17(22)24-19(3,4)14-10-6-8-12-16(14)21/h5-12H,1-4H3. The van der Waals surface area contributed by atoms with Crippen LogP contribution in [0.5, 0.6) is 0 Å². The minimum Gasteiger partial charge on any atom is -0.423 e. The summed E-state index contributed by atoms with van der Waals surface area (Å²) in [6.07, 6.45) is -1.00. The molecule has 2 rings (SSSR count). The molecule has 0 aliphatic rings. The van der Waals surface area contributed by atoms with E-state index in [1.165, 1.54) is 24.3 Å². The topological polar surface area (TPSA) is 35.5 Å². The maximum absolute atomic E-state index is 13.9. The summed E-state index contributed by atoms with van der Waals surface area (Å²) in [5.41, 5.74) is -2.00. The molecule has 0 radical (unpaired) electrons. The number of carbonyl (C=O) groups excluding carboxylic acids is 1. The summed E-state index contributed by atoms with van der Waals surface area (Å²) in [6, 6.07) is 12.0. The van der Waals surface area contributed by atoms with Crippen LogP contribution in [0.1, 0.15) is 38.8 Å². The zero-order chi connectivity index (χ0) is 18.0. The van der Waals surface area contributed by atoms with Gasteiger partial charge in [-0.1, -0.05) is 36.4 Å². The van der Waals surface area contributed by atoms with Crippen molar-refractivity contribution in [1.29, 1.82) is 0 Å². The fourth-order valence-electron chi connectivity index (χ4n) is 2.45. The van der Waals surface area contributed by atoms with Crippen LogP contribution < -0.4 is 0 Å². The molecule has 0 saturated carbocycles. The van der Waals surface area contributed by atoms with Gasteiger partial charge in [-0.2, -0.15) is 0 Å². The Hall–Kier alpha value is -2.43. The van der Waals surface area contributed by atoms with Crippen molar-refractivity contribution in [3.05, 3.63) is 71.3 Å². The summed E-state index contributed by atoms with van der Waals surface area (Å²) < 4.78 is 38.4. The van der Waals surface area contributed by atoms with Crippen molar-refractivity contribution in [3.8, 4) is 0 Å². The second kappa shape index (κ2) is 6.59. The molecule has 0 fully saturated rings. The summed E-state index contributed by atoms with van der Waals surface area (Å²) >= 11 is 0. The quantitative estimate of drug-likeness (QED) is 0.713. The Bertz CT molecular complexity index is 677. The maximum atomic E-state index is 13.9. The van der Waals surface area contributed by atoms with Crippen LogP contribution >= 0.6 is 0 Å². The van der Waals surface area contributed by atoms with Gasteiger partial charge in [0.15, 0.2) is 0 Å². The van der Waals surface area contributed by atoms with Crippen molar-refractivity contribution in [2.24, 2.45) is 0 Å². The van der Waals surface area contributed by atoms with Crippen LogP contribution in [-0.2, 0) is 20.7 Å². The van der Waals surface area contributed by atoms with E-state index >= 15 is 0 Å². The predicted molar refractivity (Wildman–Crippen MR) is 86.4 cm³/mol. The second-order valence-electron chi connectivity index (χ2n) is 6.43. The third-order valence-corrected chi connectivity index (χ3v) is 3.72. The van der Waals surface area contributed by atoms with E-state index in [4.69, 9.17) is 9.47 Å². The minimum absolute atomic E-state index is 0.227. The summed E-state index contributed by atoms with van der Waals surface area (Å²) in [7, 11) is 0. The van der Waals surface area contributed by atoms with Crippen LogP contribution in [-0.4, -0.2) is 6.16 Å². The van der Waals surface area contributed by atoms with Crippen LogP contribution in [0.25, 0.3) is 0 Å². The number of benzene rings is 2. The van der Waals surface area contributed by atoms with E-state index in [1.54, 1.807) is 52.0 Å². The summed E-state index contributed by atoms with van der Waals surface area (Å²) in [5, 5.41) is 0. The summed E-state index contributed by atoms with van der Waals surface area (Å²) in [5.74, 6) is -0.965. The van der Waals surface area contributed by atoms with Crippen LogP contribution in [0.3, 0.4) is 0 Å². The first-order valence-electron chi connectivity index (χ1n) is 7.55. The Morgan fingerprint density at radius 3 is 1.42 bits per heavy atom. The lowest BCUT2D eigenvalue weighted by Gasteiger charge is -2.30. The second-order valence-corrected chi connectivity index (χ2v) is 6.43. The van der Waals surface area contributed by atoms with E-state index in [2.05, 4.69) is 0 Å². The molecule has 0 heterocycles. The highest BCUT2D eigenvalue weighted by atomic mass is 19.1. The lowest BCUT2D eigenvalue weighted by Crippen LogP contribution is -2.32. The molecule has 3 nitrogen and oxygen atoms in total. The average molecular weight is 334 g/mol. The highest BCUT2D eigenvalue weighted by Crippen LogP contribution is 2.31. The Morgan fingerprint density at radius 1 is 0.750 bits per heavy atom. The van der Waals surface area contributed by atoms with E-state index in [-0.39, 0.29) is 11.1 Å². The molecule has 24 heavy (non-hydrogen) atoms. The number of rotatable bonds is 4. The van der Waals surface area contributed by atoms with Gasteiger partial charge in [-0.25, -0.2) is 13.6 Å². The zero-order valence-corrected chi connectivity index (χ0v) is 14.1. The first-order chi connectivity index (χ1) is 11.1. The highest BCUT2D eigenvalue weighted by molar-refractivity contribution is 5.62. The van der Waals surface area contributed by atoms with E-state index in [0.717, 1.165) is 0 Å². The van der Waals surface area contributed by atoms with Crippen molar-refractivity contribution in [2.75, 3.05) is 0 Å². The van der Waals surface area contributed by atoms with Crippen LogP contribution in [0.2, 0.25) is 0 Å². The average Bonchev–Trinajstić information content (AvgIpc) is 2.46. The van der Waals surface area contributed by atoms with Crippen molar-refractivity contribution in [1.82, 2.24) is 0 Å². The van der Waals surface area contributed by atoms with Gasteiger partial charge in [0.1, 0.15) is 22.8 Å². The number of halogens is 2. The molecule has 0 aromatic heterocycles. The normalized spacial score (nSPS) is 11.9. The SMILES string of the molecule is CC(C)(OC(=O)OC(C)(C)c1ccccc1F)c1ccccc1F. The van der Waals surface area contributed by atoms with Gasteiger partial charge in [-0.05, 0) is 39.8 Å². The number of carbonyl (C=O) groups is 1. The van der Waals surface area contributed by atoms with Gasteiger partial charge in [0.25, 0.3) is 0 Å². The lowest BCUT2D eigenvalue weighted by molar-refractivity contribution is -0.0651. The molecule has 0 aliphatic carbocycles.